The van der Waals surface area contributed by atoms with Crippen LogP contribution in [-0.4, -0.2) is 50.9 Å². The first-order valence-corrected chi connectivity index (χ1v) is 3.09. The van der Waals surface area contributed by atoms with Crippen LogP contribution in [0.3, 0.4) is 0 Å². The van der Waals surface area contributed by atoms with E-state index in [4.69, 9.17) is 26.5 Å². The number of hydrogen-bond donors (Lipinski definition) is 5. The highest BCUT2D eigenvalue weighted by molar-refractivity contribution is 5.85. The second-order valence-electron chi connectivity index (χ2n) is 2.12. The molecule has 0 heterocycles. The van der Waals surface area contributed by atoms with Gasteiger partial charge in [0.1, 0.15) is 6.54 Å². The number of nitrogens with two attached hydrogens (primary N) is 1. The van der Waals surface area contributed by atoms with Crippen LogP contribution in [0.15, 0.2) is 0 Å². The number of aliphatic carboxylic acids is 2. The van der Waals surface area contributed by atoms with E-state index in [1.807, 2.05) is 0 Å². The standard InChI is InChI=1S/C5H9N3O5/c6-5(7)8(1-2(9)10)3(11)4(12)13/h3,11H,1H2,(H3,6,7)(H,9,10)(H,12,13). The molecule has 8 nitrogen and oxygen atoms in total. The highest BCUT2D eigenvalue weighted by Crippen LogP contribution is 1.94. The molecule has 0 saturated heterocycles. The SMILES string of the molecule is N=C(N)N(CC(=O)O)C(O)C(=O)O. The molecule has 6 N–H and O–H groups in total. The Morgan fingerprint density at radius 1 is 1.46 bits per heavy atom. The summed E-state index contributed by atoms with van der Waals surface area (Å²) in [6.45, 7) is -0.844. The molecule has 1 unspecified atom stereocenters. The van der Waals surface area contributed by atoms with Crippen molar-refractivity contribution in [1.29, 1.82) is 5.41 Å². The lowest BCUT2D eigenvalue weighted by molar-refractivity contribution is -0.155. The van der Waals surface area contributed by atoms with Crippen molar-refractivity contribution in [2.75, 3.05) is 6.54 Å². The molecule has 0 aromatic heterocycles. The summed E-state index contributed by atoms with van der Waals surface area (Å²) in [6, 6.07) is 0. The number of carboxylic acid groups (broad SMARTS) is 2. The number of hydrogen-bond acceptors (Lipinski definition) is 4. The van der Waals surface area contributed by atoms with Crippen LogP contribution in [0.4, 0.5) is 0 Å². The lowest BCUT2D eigenvalue weighted by Crippen LogP contribution is -2.50. The number of carboxylic acids is 2. The Hall–Kier alpha value is -1.83. The predicted octanol–water partition coefficient (Wildman–Crippen LogP) is -2.33. The quantitative estimate of drug-likeness (QED) is 0.190. The Balaban J connectivity index is 4.51. The number of guanidine groups is 1. The zero-order chi connectivity index (χ0) is 10.6. The van der Waals surface area contributed by atoms with Crippen LogP contribution >= 0.6 is 0 Å². The van der Waals surface area contributed by atoms with Crippen LogP contribution in [-0.2, 0) is 9.59 Å². The monoisotopic (exact) mass is 191 g/mol. The van der Waals surface area contributed by atoms with Crippen molar-refractivity contribution in [3.05, 3.63) is 0 Å². The zero-order valence-electron chi connectivity index (χ0n) is 6.47. The smallest absolute Gasteiger partial charge is 0.354 e. The Morgan fingerprint density at radius 2 is 1.92 bits per heavy atom. The molecular weight excluding hydrogens is 182 g/mol. The number of aliphatic hydroxyl groups excluding tert-OH is 1. The lowest BCUT2D eigenvalue weighted by atomic mass is 10.4. The fraction of sp³-hybridized carbons (Fsp3) is 0.400. The minimum atomic E-state index is -2.12. The second kappa shape index (κ2) is 4.26. The van der Waals surface area contributed by atoms with Crippen molar-refractivity contribution in [3.8, 4) is 0 Å². The van der Waals surface area contributed by atoms with E-state index >= 15 is 0 Å². The third-order valence-corrected chi connectivity index (χ3v) is 1.13. The van der Waals surface area contributed by atoms with Crippen LogP contribution in [0.25, 0.3) is 0 Å². The van der Waals surface area contributed by atoms with Gasteiger partial charge in [0.25, 0.3) is 0 Å². The van der Waals surface area contributed by atoms with Gasteiger partial charge in [-0.15, -0.1) is 0 Å². The van der Waals surface area contributed by atoms with E-state index in [1.54, 1.807) is 0 Å². The molecule has 0 rings (SSSR count). The van der Waals surface area contributed by atoms with E-state index in [0.717, 1.165) is 0 Å². The molecule has 0 bridgehead atoms. The maximum atomic E-state index is 10.2. The Morgan fingerprint density at radius 3 is 2.15 bits per heavy atom. The molecule has 0 aliphatic heterocycles. The Bertz CT molecular complexity index is 240. The first-order valence-electron chi connectivity index (χ1n) is 3.09. The van der Waals surface area contributed by atoms with E-state index in [2.05, 4.69) is 0 Å². The molecule has 13 heavy (non-hydrogen) atoms. The lowest BCUT2D eigenvalue weighted by Gasteiger charge is -2.22. The van der Waals surface area contributed by atoms with Crippen LogP contribution in [0.2, 0.25) is 0 Å². The third-order valence-electron chi connectivity index (χ3n) is 1.13. The summed E-state index contributed by atoms with van der Waals surface area (Å²) in [5.41, 5.74) is 4.85. The van der Waals surface area contributed by atoms with Crippen molar-refractivity contribution in [2.45, 2.75) is 6.23 Å². The van der Waals surface area contributed by atoms with Gasteiger partial charge in [-0.2, -0.15) is 0 Å². The summed E-state index contributed by atoms with van der Waals surface area (Å²) < 4.78 is 0. The van der Waals surface area contributed by atoms with Crippen molar-refractivity contribution in [2.24, 2.45) is 5.73 Å². The first-order chi connectivity index (χ1) is 5.86. The third kappa shape index (κ3) is 3.38. The zero-order valence-corrected chi connectivity index (χ0v) is 6.47. The fourth-order valence-electron chi connectivity index (χ4n) is 0.582. The number of nitrogens with one attached hydrogen (secondary N) is 1. The molecular formula is C5H9N3O5. The second-order valence-corrected chi connectivity index (χ2v) is 2.12. The summed E-state index contributed by atoms with van der Waals surface area (Å²) in [6.07, 6.45) is -2.12. The van der Waals surface area contributed by atoms with Gasteiger partial charge < -0.3 is 21.1 Å². The molecule has 0 radical (unpaired) electrons. The average molecular weight is 191 g/mol. The van der Waals surface area contributed by atoms with Gasteiger partial charge in [0.2, 0.25) is 6.23 Å². The summed E-state index contributed by atoms with van der Waals surface area (Å²) in [5, 5.41) is 32.2. The van der Waals surface area contributed by atoms with E-state index < -0.39 is 30.7 Å². The molecule has 74 valence electrons. The van der Waals surface area contributed by atoms with E-state index in [9.17, 15) is 9.59 Å². The van der Waals surface area contributed by atoms with Crippen molar-refractivity contribution in [3.63, 3.8) is 0 Å². The van der Waals surface area contributed by atoms with Gasteiger partial charge in [0.15, 0.2) is 5.96 Å². The largest absolute Gasteiger partial charge is 0.480 e. The molecule has 0 fully saturated rings. The van der Waals surface area contributed by atoms with Crippen LogP contribution in [0.1, 0.15) is 0 Å². The summed E-state index contributed by atoms with van der Waals surface area (Å²) in [4.78, 5) is 20.7. The van der Waals surface area contributed by atoms with Gasteiger partial charge in [-0.3, -0.25) is 15.1 Å². The number of aliphatic hydroxyl groups is 1. The van der Waals surface area contributed by atoms with Crippen LogP contribution in [0, 0.1) is 5.41 Å². The highest BCUT2D eigenvalue weighted by atomic mass is 16.4. The van der Waals surface area contributed by atoms with Crippen LogP contribution in [0.5, 0.6) is 0 Å². The molecule has 1 atom stereocenters. The Labute approximate surface area is 72.7 Å². The van der Waals surface area contributed by atoms with Gasteiger partial charge in [0, 0.05) is 0 Å². The van der Waals surface area contributed by atoms with Crippen molar-refractivity contribution >= 4 is 17.9 Å². The molecule has 0 aromatic carbocycles. The van der Waals surface area contributed by atoms with Crippen molar-refractivity contribution in [1.82, 2.24) is 4.90 Å². The molecule has 0 amide bonds. The summed E-state index contributed by atoms with van der Waals surface area (Å²) in [7, 11) is 0. The van der Waals surface area contributed by atoms with Crippen molar-refractivity contribution < 1.29 is 24.9 Å². The minimum absolute atomic E-state index is 0.324. The van der Waals surface area contributed by atoms with Crippen LogP contribution < -0.4 is 5.73 Å². The molecule has 8 heteroatoms. The van der Waals surface area contributed by atoms with E-state index in [1.165, 1.54) is 0 Å². The van der Waals surface area contributed by atoms with E-state index in [0.29, 0.717) is 4.90 Å². The maximum absolute atomic E-state index is 10.2. The Kier molecular flexibility index (Phi) is 3.66. The number of carbonyl (C=O) groups is 2. The number of nitrogens with zero attached hydrogens (tertiary/aromatic N) is 1. The van der Waals surface area contributed by atoms with Gasteiger partial charge in [0.05, 0.1) is 0 Å². The van der Waals surface area contributed by atoms with E-state index in [-0.39, 0.29) is 0 Å². The van der Waals surface area contributed by atoms with Gasteiger partial charge in [-0.05, 0) is 0 Å². The van der Waals surface area contributed by atoms with Gasteiger partial charge >= 0.3 is 11.9 Å². The molecule has 0 aliphatic rings. The summed E-state index contributed by atoms with van der Waals surface area (Å²) >= 11 is 0. The molecule has 0 aliphatic carbocycles. The normalized spacial score (nSPS) is 11.8. The predicted molar refractivity (Wildman–Crippen MR) is 39.9 cm³/mol. The topological polar surface area (TPSA) is 148 Å². The summed E-state index contributed by atoms with van der Waals surface area (Å²) in [5.74, 6) is -3.88. The van der Waals surface area contributed by atoms with Gasteiger partial charge in [-0.1, -0.05) is 0 Å². The fourth-order valence-corrected chi connectivity index (χ4v) is 0.582. The molecule has 0 saturated carbocycles. The maximum Gasteiger partial charge on any atom is 0.354 e. The number of rotatable bonds is 4. The molecule has 0 spiro atoms. The highest BCUT2D eigenvalue weighted by Gasteiger charge is 2.25. The van der Waals surface area contributed by atoms with Gasteiger partial charge in [-0.25, -0.2) is 4.79 Å². The first kappa shape index (κ1) is 11.2. The minimum Gasteiger partial charge on any atom is -0.480 e. The molecule has 0 aromatic rings. The average Bonchev–Trinajstić information content (AvgIpc) is 1.97.